The lowest BCUT2D eigenvalue weighted by molar-refractivity contribution is -0.132. The minimum absolute atomic E-state index is 0.0445. The predicted octanol–water partition coefficient (Wildman–Crippen LogP) is 4.05. The van der Waals surface area contributed by atoms with Crippen molar-refractivity contribution in [3.05, 3.63) is 68.9 Å². The first kappa shape index (κ1) is 18.5. The second kappa shape index (κ2) is 7.72. The van der Waals surface area contributed by atoms with E-state index in [0.29, 0.717) is 18.1 Å². The van der Waals surface area contributed by atoms with Crippen molar-refractivity contribution in [2.75, 3.05) is 18.0 Å². The van der Waals surface area contributed by atoms with E-state index in [1.165, 1.54) is 21.8 Å². The molecular formula is C22H21N3O2S2. The van der Waals surface area contributed by atoms with E-state index in [0.717, 1.165) is 30.6 Å². The molecular weight excluding hydrogens is 402 g/mol. The maximum atomic E-state index is 13.3. The number of anilines is 1. The zero-order chi connectivity index (χ0) is 19.8. The van der Waals surface area contributed by atoms with Crippen molar-refractivity contribution in [1.82, 2.24) is 9.88 Å². The van der Waals surface area contributed by atoms with Gasteiger partial charge in [0.25, 0.3) is 0 Å². The van der Waals surface area contributed by atoms with Gasteiger partial charge in [-0.2, -0.15) is 0 Å². The molecule has 1 atom stereocenters. The predicted molar refractivity (Wildman–Crippen MR) is 115 cm³/mol. The molecule has 1 aromatic carbocycles. The molecule has 2 aliphatic rings. The number of nitrogens with zero attached hydrogens (tertiary/aromatic N) is 3. The molecule has 0 aliphatic carbocycles. The molecule has 0 N–H and O–H groups in total. The maximum absolute atomic E-state index is 13.3. The van der Waals surface area contributed by atoms with Crippen LogP contribution < -0.4 is 4.90 Å². The molecule has 29 heavy (non-hydrogen) atoms. The van der Waals surface area contributed by atoms with Crippen molar-refractivity contribution in [1.29, 1.82) is 0 Å². The number of benzene rings is 1. The summed E-state index contributed by atoms with van der Waals surface area (Å²) in [5, 5.41) is 4.75. The SMILES string of the molecule is O=C1CCCN1c1nc(CC(=O)N2CCc3sccc3[C@H]2c2ccccc2)cs1. The second-order valence-corrected chi connectivity index (χ2v) is 9.23. The molecule has 5 nitrogen and oxygen atoms in total. The zero-order valence-electron chi connectivity index (χ0n) is 15.9. The molecule has 0 spiro atoms. The lowest BCUT2D eigenvalue weighted by Crippen LogP contribution is -2.41. The van der Waals surface area contributed by atoms with Crippen LogP contribution in [0.5, 0.6) is 0 Å². The van der Waals surface area contributed by atoms with E-state index < -0.39 is 0 Å². The molecule has 148 valence electrons. The van der Waals surface area contributed by atoms with Crippen molar-refractivity contribution >= 4 is 39.6 Å². The zero-order valence-corrected chi connectivity index (χ0v) is 17.5. The van der Waals surface area contributed by atoms with Crippen molar-refractivity contribution < 1.29 is 9.59 Å². The van der Waals surface area contributed by atoms with Crippen LogP contribution in [0.3, 0.4) is 0 Å². The fourth-order valence-electron chi connectivity index (χ4n) is 4.19. The van der Waals surface area contributed by atoms with Gasteiger partial charge in [-0.05, 0) is 35.4 Å². The summed E-state index contributed by atoms with van der Waals surface area (Å²) in [6, 6.07) is 12.4. The molecule has 0 saturated carbocycles. The lowest BCUT2D eigenvalue weighted by Gasteiger charge is -2.36. The minimum Gasteiger partial charge on any atom is -0.331 e. The molecule has 0 radical (unpaired) electrons. The van der Waals surface area contributed by atoms with E-state index in [1.807, 2.05) is 28.5 Å². The summed E-state index contributed by atoms with van der Waals surface area (Å²) >= 11 is 3.22. The van der Waals surface area contributed by atoms with Gasteiger partial charge in [0.2, 0.25) is 11.8 Å². The Morgan fingerprint density at radius 3 is 2.76 bits per heavy atom. The normalized spacial score (nSPS) is 18.9. The fraction of sp³-hybridized carbons (Fsp3) is 0.318. The summed E-state index contributed by atoms with van der Waals surface area (Å²) in [6.07, 6.45) is 2.62. The van der Waals surface area contributed by atoms with E-state index in [9.17, 15) is 9.59 Å². The van der Waals surface area contributed by atoms with Gasteiger partial charge in [0.05, 0.1) is 18.2 Å². The summed E-state index contributed by atoms with van der Waals surface area (Å²) in [6.45, 7) is 1.44. The molecule has 5 rings (SSSR count). The number of thiophene rings is 1. The molecule has 7 heteroatoms. The first-order chi connectivity index (χ1) is 14.2. The van der Waals surface area contributed by atoms with Gasteiger partial charge >= 0.3 is 0 Å². The number of carbonyl (C=O) groups excluding carboxylic acids is 2. The molecule has 0 bridgehead atoms. The third-order valence-electron chi connectivity index (χ3n) is 5.58. The van der Waals surface area contributed by atoms with Crippen LogP contribution in [0.2, 0.25) is 0 Å². The van der Waals surface area contributed by atoms with E-state index in [2.05, 4.69) is 28.6 Å². The topological polar surface area (TPSA) is 53.5 Å². The van der Waals surface area contributed by atoms with E-state index in [1.54, 1.807) is 16.2 Å². The number of rotatable bonds is 4. The highest BCUT2D eigenvalue weighted by Gasteiger charge is 2.33. The lowest BCUT2D eigenvalue weighted by atomic mass is 9.93. The Labute approximate surface area is 177 Å². The van der Waals surface area contributed by atoms with Crippen LogP contribution in [0.4, 0.5) is 5.13 Å². The smallest absolute Gasteiger partial charge is 0.229 e. The number of hydrogen-bond donors (Lipinski definition) is 0. The molecule has 1 fully saturated rings. The first-order valence-corrected chi connectivity index (χ1v) is 11.6. The molecule has 0 unspecified atom stereocenters. The molecule has 4 heterocycles. The van der Waals surface area contributed by atoms with Gasteiger partial charge in [0.15, 0.2) is 5.13 Å². The van der Waals surface area contributed by atoms with E-state index in [4.69, 9.17) is 0 Å². The monoisotopic (exact) mass is 423 g/mol. The summed E-state index contributed by atoms with van der Waals surface area (Å²) in [5.41, 5.74) is 3.13. The number of carbonyl (C=O) groups is 2. The number of fused-ring (bicyclic) bond motifs is 1. The Morgan fingerprint density at radius 1 is 1.10 bits per heavy atom. The summed E-state index contributed by atoms with van der Waals surface area (Å²) < 4.78 is 0. The Balaban J connectivity index is 1.39. The van der Waals surface area contributed by atoms with Crippen LogP contribution in [0.1, 0.15) is 40.6 Å². The third-order valence-corrected chi connectivity index (χ3v) is 7.49. The van der Waals surface area contributed by atoms with Gasteiger partial charge in [-0.1, -0.05) is 30.3 Å². The quantitative estimate of drug-likeness (QED) is 0.636. The summed E-state index contributed by atoms with van der Waals surface area (Å²) in [7, 11) is 0. The van der Waals surface area contributed by atoms with Crippen LogP contribution in [0.25, 0.3) is 0 Å². The third kappa shape index (κ3) is 3.49. The second-order valence-electron chi connectivity index (χ2n) is 7.40. The molecule has 3 aromatic rings. The number of thiazole rings is 1. The van der Waals surface area contributed by atoms with Crippen LogP contribution in [-0.2, 0) is 22.4 Å². The largest absolute Gasteiger partial charge is 0.331 e. The van der Waals surface area contributed by atoms with Crippen molar-refractivity contribution in [3.8, 4) is 0 Å². The van der Waals surface area contributed by atoms with E-state index in [-0.39, 0.29) is 24.3 Å². The maximum Gasteiger partial charge on any atom is 0.229 e. The van der Waals surface area contributed by atoms with Crippen LogP contribution >= 0.6 is 22.7 Å². The van der Waals surface area contributed by atoms with E-state index >= 15 is 0 Å². The van der Waals surface area contributed by atoms with Gasteiger partial charge in [-0.3, -0.25) is 14.5 Å². The minimum atomic E-state index is -0.0445. The Hall–Kier alpha value is -2.51. The van der Waals surface area contributed by atoms with Crippen molar-refractivity contribution in [3.63, 3.8) is 0 Å². The Bertz CT molecular complexity index is 1040. The average Bonchev–Trinajstić information content (AvgIpc) is 3.48. The Kier molecular flexibility index (Phi) is 4.93. The van der Waals surface area contributed by atoms with Gasteiger partial charge in [-0.15, -0.1) is 22.7 Å². The highest BCUT2D eigenvalue weighted by Crippen LogP contribution is 2.38. The number of hydrogen-bond acceptors (Lipinski definition) is 5. The van der Waals surface area contributed by atoms with Gasteiger partial charge in [-0.25, -0.2) is 4.98 Å². The highest BCUT2D eigenvalue weighted by molar-refractivity contribution is 7.14. The van der Waals surface area contributed by atoms with Crippen LogP contribution in [0.15, 0.2) is 47.2 Å². The standard InChI is InChI=1S/C22H21N3O2S2/c26-19-7-4-10-25(19)22-23-16(14-29-22)13-20(27)24-11-8-18-17(9-12-28-18)21(24)15-5-2-1-3-6-15/h1-3,5-6,9,12,14,21H,4,7-8,10-11,13H2/t21-/m1/s1. The Morgan fingerprint density at radius 2 is 1.97 bits per heavy atom. The summed E-state index contributed by atoms with van der Waals surface area (Å²) in [4.78, 5) is 34.9. The molecule has 2 aromatic heterocycles. The number of aromatic nitrogens is 1. The highest BCUT2D eigenvalue weighted by atomic mass is 32.1. The van der Waals surface area contributed by atoms with Gasteiger partial charge in [0.1, 0.15) is 0 Å². The molecule has 2 aliphatic heterocycles. The van der Waals surface area contributed by atoms with Crippen LogP contribution in [-0.4, -0.2) is 34.8 Å². The molecule has 1 saturated heterocycles. The molecule has 2 amide bonds. The number of amides is 2. The fourth-order valence-corrected chi connectivity index (χ4v) is 5.96. The van der Waals surface area contributed by atoms with Crippen molar-refractivity contribution in [2.45, 2.75) is 31.7 Å². The van der Waals surface area contributed by atoms with Gasteiger partial charge < -0.3 is 4.90 Å². The summed E-state index contributed by atoms with van der Waals surface area (Å²) in [5.74, 6) is 0.211. The van der Waals surface area contributed by atoms with Crippen molar-refractivity contribution in [2.24, 2.45) is 0 Å². The van der Waals surface area contributed by atoms with Gasteiger partial charge in [0, 0.05) is 29.8 Å². The van der Waals surface area contributed by atoms with Crippen LogP contribution in [0, 0.1) is 0 Å². The average molecular weight is 424 g/mol. The first-order valence-electron chi connectivity index (χ1n) is 9.86.